The number of aromatic nitrogens is 2. The van der Waals surface area contributed by atoms with Gasteiger partial charge in [0.05, 0.1) is 12.7 Å². The van der Waals surface area contributed by atoms with E-state index in [-0.39, 0.29) is 17.5 Å². The van der Waals surface area contributed by atoms with Crippen LogP contribution >= 0.6 is 0 Å². The fraction of sp³-hybridized carbons (Fsp3) is 0.182. The maximum Gasteiger partial charge on any atom is 0.337 e. The van der Waals surface area contributed by atoms with Crippen molar-refractivity contribution in [2.45, 2.75) is 12.8 Å². The molecule has 3 rings (SSSR count). The van der Waals surface area contributed by atoms with Crippen LogP contribution in [0.15, 0.2) is 66.9 Å². The van der Waals surface area contributed by atoms with Crippen LogP contribution in [0.25, 0.3) is 0 Å². The van der Waals surface area contributed by atoms with Crippen molar-refractivity contribution in [2.75, 3.05) is 19.0 Å². The van der Waals surface area contributed by atoms with Crippen molar-refractivity contribution in [1.82, 2.24) is 15.3 Å². The summed E-state index contributed by atoms with van der Waals surface area (Å²) in [5, 5.41) is 5.87. The molecule has 7 nitrogen and oxygen atoms in total. The number of carbonyl (C=O) groups excluding carboxylic acids is 2. The summed E-state index contributed by atoms with van der Waals surface area (Å²) in [6.07, 6.45) is 3.25. The molecule has 0 bridgehead atoms. The van der Waals surface area contributed by atoms with E-state index in [9.17, 15) is 9.59 Å². The van der Waals surface area contributed by atoms with Crippen LogP contribution in [0.3, 0.4) is 0 Å². The molecule has 1 amide bonds. The first-order valence-electron chi connectivity index (χ1n) is 9.26. The van der Waals surface area contributed by atoms with Crippen LogP contribution in [-0.2, 0) is 11.2 Å². The third-order valence-electron chi connectivity index (χ3n) is 4.20. The molecule has 148 valence electrons. The maximum atomic E-state index is 12.4. The van der Waals surface area contributed by atoms with Crippen LogP contribution < -0.4 is 10.6 Å². The highest BCUT2D eigenvalue weighted by atomic mass is 16.5. The molecule has 0 saturated heterocycles. The standard InChI is InChI=1S/C22H22N4O3/c1-29-21(28)17-10-5-11-18(15-17)25-22-24-14-12-19(26-22)20(27)23-13-6-9-16-7-3-2-4-8-16/h2-5,7-8,10-12,14-15H,6,9,13H2,1H3,(H,23,27)(H,24,25,26). The van der Waals surface area contributed by atoms with Gasteiger partial charge in [-0.1, -0.05) is 36.4 Å². The first kappa shape index (κ1) is 20.0. The van der Waals surface area contributed by atoms with Crippen LogP contribution in [0.5, 0.6) is 0 Å². The number of nitrogens with one attached hydrogen (secondary N) is 2. The Kier molecular flexibility index (Phi) is 6.89. The van der Waals surface area contributed by atoms with Crippen molar-refractivity contribution in [1.29, 1.82) is 0 Å². The Hall–Kier alpha value is -3.74. The van der Waals surface area contributed by atoms with Gasteiger partial charge in [0.2, 0.25) is 5.95 Å². The number of esters is 1. The minimum absolute atomic E-state index is 0.258. The molecule has 0 aliphatic heterocycles. The van der Waals surface area contributed by atoms with E-state index < -0.39 is 5.97 Å². The van der Waals surface area contributed by atoms with Gasteiger partial charge >= 0.3 is 5.97 Å². The van der Waals surface area contributed by atoms with E-state index in [0.29, 0.717) is 17.8 Å². The van der Waals surface area contributed by atoms with Gasteiger partial charge in [0.15, 0.2) is 0 Å². The third-order valence-corrected chi connectivity index (χ3v) is 4.20. The van der Waals surface area contributed by atoms with E-state index in [2.05, 4.69) is 32.7 Å². The summed E-state index contributed by atoms with van der Waals surface area (Å²) >= 11 is 0. The van der Waals surface area contributed by atoms with E-state index in [1.807, 2.05) is 18.2 Å². The number of nitrogens with zero attached hydrogens (tertiary/aromatic N) is 2. The third kappa shape index (κ3) is 5.87. The van der Waals surface area contributed by atoms with Crippen molar-refractivity contribution in [3.63, 3.8) is 0 Å². The second-order valence-corrected chi connectivity index (χ2v) is 6.31. The molecular formula is C22H22N4O3. The molecule has 0 atom stereocenters. The van der Waals surface area contributed by atoms with Crippen molar-refractivity contribution < 1.29 is 14.3 Å². The molecule has 0 spiro atoms. The normalized spacial score (nSPS) is 10.2. The van der Waals surface area contributed by atoms with E-state index in [0.717, 1.165) is 12.8 Å². The molecule has 2 N–H and O–H groups in total. The Balaban J connectivity index is 1.56. The van der Waals surface area contributed by atoms with Crippen LogP contribution in [0.4, 0.5) is 11.6 Å². The first-order valence-corrected chi connectivity index (χ1v) is 9.26. The van der Waals surface area contributed by atoms with Gasteiger partial charge in [-0.15, -0.1) is 0 Å². The van der Waals surface area contributed by atoms with Gasteiger partial charge in [0.1, 0.15) is 5.69 Å². The second-order valence-electron chi connectivity index (χ2n) is 6.31. The molecule has 1 heterocycles. The lowest BCUT2D eigenvalue weighted by Crippen LogP contribution is -2.26. The van der Waals surface area contributed by atoms with Gasteiger partial charge in [0, 0.05) is 18.4 Å². The van der Waals surface area contributed by atoms with Gasteiger partial charge in [-0.2, -0.15) is 0 Å². The number of ether oxygens (including phenoxy) is 1. The Morgan fingerprint density at radius 2 is 1.86 bits per heavy atom. The number of amides is 1. The molecule has 0 unspecified atom stereocenters. The number of aryl methyl sites for hydroxylation is 1. The molecule has 0 saturated carbocycles. The zero-order valence-corrected chi connectivity index (χ0v) is 16.1. The summed E-state index contributed by atoms with van der Waals surface area (Å²) in [6.45, 7) is 0.557. The van der Waals surface area contributed by atoms with Gasteiger partial charge in [-0.05, 0) is 42.7 Å². The van der Waals surface area contributed by atoms with Crippen molar-refractivity contribution in [2.24, 2.45) is 0 Å². The minimum atomic E-state index is -0.432. The number of hydrogen-bond acceptors (Lipinski definition) is 6. The quantitative estimate of drug-likeness (QED) is 0.452. The molecular weight excluding hydrogens is 368 g/mol. The number of methoxy groups -OCH3 is 1. The van der Waals surface area contributed by atoms with Crippen molar-refractivity contribution >= 4 is 23.5 Å². The molecule has 3 aromatic rings. The van der Waals surface area contributed by atoms with E-state index in [4.69, 9.17) is 4.74 Å². The number of hydrogen-bond donors (Lipinski definition) is 2. The van der Waals surface area contributed by atoms with Gasteiger partial charge in [-0.3, -0.25) is 4.79 Å². The van der Waals surface area contributed by atoms with Gasteiger partial charge < -0.3 is 15.4 Å². The highest BCUT2D eigenvalue weighted by Crippen LogP contribution is 2.15. The zero-order chi connectivity index (χ0) is 20.5. The average molecular weight is 390 g/mol. The molecule has 0 aliphatic rings. The highest BCUT2D eigenvalue weighted by molar-refractivity contribution is 5.92. The fourth-order valence-corrected chi connectivity index (χ4v) is 2.75. The van der Waals surface area contributed by atoms with E-state index in [1.165, 1.54) is 18.9 Å². The molecule has 0 aliphatic carbocycles. The Bertz CT molecular complexity index is 977. The number of anilines is 2. The smallest absolute Gasteiger partial charge is 0.337 e. The van der Waals surface area contributed by atoms with E-state index in [1.54, 1.807) is 30.3 Å². The van der Waals surface area contributed by atoms with Gasteiger partial charge in [0.25, 0.3) is 5.91 Å². The number of benzene rings is 2. The minimum Gasteiger partial charge on any atom is -0.465 e. The lowest BCUT2D eigenvalue weighted by Gasteiger charge is -2.08. The molecule has 29 heavy (non-hydrogen) atoms. The summed E-state index contributed by atoms with van der Waals surface area (Å²) in [4.78, 5) is 32.4. The highest BCUT2D eigenvalue weighted by Gasteiger charge is 2.10. The summed E-state index contributed by atoms with van der Waals surface area (Å²) in [7, 11) is 1.33. The predicted octanol–water partition coefficient (Wildman–Crippen LogP) is 3.37. The lowest BCUT2D eigenvalue weighted by molar-refractivity contribution is 0.0600. The zero-order valence-electron chi connectivity index (χ0n) is 16.1. The summed E-state index contributed by atoms with van der Waals surface area (Å²) in [5.74, 6) is -0.422. The molecule has 1 aromatic heterocycles. The summed E-state index contributed by atoms with van der Waals surface area (Å²) in [5.41, 5.74) is 2.54. The van der Waals surface area contributed by atoms with Crippen LogP contribution in [-0.4, -0.2) is 35.5 Å². The van der Waals surface area contributed by atoms with Crippen molar-refractivity contribution in [3.05, 3.63) is 83.7 Å². The van der Waals surface area contributed by atoms with Crippen LogP contribution in [0.2, 0.25) is 0 Å². The van der Waals surface area contributed by atoms with Gasteiger partial charge in [-0.25, -0.2) is 14.8 Å². The Morgan fingerprint density at radius 3 is 2.66 bits per heavy atom. The largest absolute Gasteiger partial charge is 0.465 e. The Labute approximate surface area is 169 Å². The molecule has 2 aromatic carbocycles. The summed E-state index contributed by atoms with van der Waals surface area (Å²) < 4.78 is 4.72. The second kappa shape index (κ2) is 9.98. The maximum absolute atomic E-state index is 12.4. The molecule has 0 radical (unpaired) electrons. The fourth-order valence-electron chi connectivity index (χ4n) is 2.75. The summed E-state index contributed by atoms with van der Waals surface area (Å²) in [6, 6.07) is 18.5. The SMILES string of the molecule is COC(=O)c1cccc(Nc2nccc(C(=O)NCCCc3ccccc3)n2)c1. The number of carbonyl (C=O) groups is 2. The first-order chi connectivity index (χ1) is 14.2. The van der Waals surface area contributed by atoms with Crippen LogP contribution in [0.1, 0.15) is 32.8 Å². The van der Waals surface area contributed by atoms with Crippen LogP contribution in [0, 0.1) is 0 Å². The predicted molar refractivity (Wildman–Crippen MR) is 110 cm³/mol. The van der Waals surface area contributed by atoms with E-state index >= 15 is 0 Å². The molecule has 0 fully saturated rings. The number of rotatable bonds is 8. The monoisotopic (exact) mass is 390 g/mol. The molecule has 7 heteroatoms. The topological polar surface area (TPSA) is 93.2 Å². The average Bonchev–Trinajstić information content (AvgIpc) is 2.77. The Morgan fingerprint density at radius 1 is 1.03 bits per heavy atom. The van der Waals surface area contributed by atoms with Crippen molar-refractivity contribution in [3.8, 4) is 0 Å². The lowest BCUT2D eigenvalue weighted by atomic mass is 10.1.